The Labute approximate surface area is 150 Å². The lowest BCUT2D eigenvalue weighted by Crippen LogP contribution is -2.16. The minimum atomic E-state index is -0.278. The van der Waals surface area contributed by atoms with Gasteiger partial charge in [0.1, 0.15) is 11.6 Å². The molecule has 2 aromatic carbocycles. The first-order valence-corrected chi connectivity index (χ1v) is 8.28. The lowest BCUT2D eigenvalue weighted by atomic mass is 10.1. The van der Waals surface area contributed by atoms with Crippen molar-refractivity contribution in [3.8, 4) is 0 Å². The van der Waals surface area contributed by atoms with Crippen molar-refractivity contribution in [1.29, 1.82) is 0 Å². The second-order valence-corrected chi connectivity index (χ2v) is 6.11. The molecule has 1 heterocycles. The molecule has 3 rings (SSSR count). The summed E-state index contributed by atoms with van der Waals surface area (Å²) in [7, 11) is 0. The van der Waals surface area contributed by atoms with Crippen molar-refractivity contribution < 1.29 is 9.18 Å². The quantitative estimate of drug-likeness (QED) is 0.715. The van der Waals surface area contributed by atoms with Crippen molar-refractivity contribution in [3.05, 3.63) is 82.8 Å². The molecule has 0 aliphatic heterocycles. The SMILES string of the molecule is O=C(CCc1ccc(F)cc1)Nc1ccnn1Cc1ccc(Cl)cc1. The number of anilines is 1. The minimum Gasteiger partial charge on any atom is -0.311 e. The summed E-state index contributed by atoms with van der Waals surface area (Å²) in [6.07, 6.45) is 2.51. The molecule has 0 bridgehead atoms. The number of amides is 1. The molecular weight excluding hydrogens is 341 g/mol. The van der Waals surface area contributed by atoms with Crippen LogP contribution in [0.2, 0.25) is 5.02 Å². The highest BCUT2D eigenvalue weighted by molar-refractivity contribution is 6.30. The topological polar surface area (TPSA) is 46.9 Å². The summed E-state index contributed by atoms with van der Waals surface area (Å²) in [4.78, 5) is 12.2. The Kier molecular flexibility index (Phi) is 5.46. The summed E-state index contributed by atoms with van der Waals surface area (Å²) < 4.78 is 14.6. The van der Waals surface area contributed by atoms with Crippen molar-refractivity contribution in [2.75, 3.05) is 5.32 Å². The van der Waals surface area contributed by atoms with Gasteiger partial charge >= 0.3 is 0 Å². The van der Waals surface area contributed by atoms with Crippen molar-refractivity contribution >= 4 is 23.3 Å². The van der Waals surface area contributed by atoms with Gasteiger partial charge in [-0.3, -0.25) is 4.79 Å². The van der Waals surface area contributed by atoms with Crippen LogP contribution in [0.3, 0.4) is 0 Å². The number of hydrogen-bond donors (Lipinski definition) is 1. The van der Waals surface area contributed by atoms with Crippen LogP contribution >= 0.6 is 11.6 Å². The normalized spacial score (nSPS) is 10.6. The first-order valence-electron chi connectivity index (χ1n) is 7.91. The van der Waals surface area contributed by atoms with E-state index in [4.69, 9.17) is 11.6 Å². The zero-order valence-corrected chi connectivity index (χ0v) is 14.2. The molecule has 0 atom stereocenters. The maximum atomic E-state index is 12.9. The van der Waals surface area contributed by atoms with Crippen molar-refractivity contribution in [1.82, 2.24) is 9.78 Å². The molecule has 1 N–H and O–H groups in total. The fourth-order valence-electron chi connectivity index (χ4n) is 2.44. The molecule has 4 nitrogen and oxygen atoms in total. The maximum absolute atomic E-state index is 12.9. The molecule has 6 heteroatoms. The molecule has 0 saturated heterocycles. The Balaban J connectivity index is 1.57. The van der Waals surface area contributed by atoms with Crippen LogP contribution in [0.1, 0.15) is 17.5 Å². The molecule has 0 fully saturated rings. The van der Waals surface area contributed by atoms with Gasteiger partial charge in [-0.25, -0.2) is 9.07 Å². The number of hydrogen-bond acceptors (Lipinski definition) is 2. The predicted molar refractivity (Wildman–Crippen MR) is 96.1 cm³/mol. The third-order valence-corrected chi connectivity index (χ3v) is 4.04. The van der Waals surface area contributed by atoms with E-state index < -0.39 is 0 Å². The highest BCUT2D eigenvalue weighted by Crippen LogP contribution is 2.14. The van der Waals surface area contributed by atoms with Crippen LogP contribution in [0.4, 0.5) is 10.2 Å². The van der Waals surface area contributed by atoms with E-state index in [0.29, 0.717) is 30.2 Å². The number of halogens is 2. The van der Waals surface area contributed by atoms with Crippen LogP contribution in [0.25, 0.3) is 0 Å². The van der Waals surface area contributed by atoms with Gasteiger partial charge in [0.05, 0.1) is 12.7 Å². The molecule has 0 aliphatic carbocycles. The fraction of sp³-hybridized carbons (Fsp3) is 0.158. The lowest BCUT2D eigenvalue weighted by molar-refractivity contribution is -0.116. The molecule has 0 aliphatic rings. The summed E-state index contributed by atoms with van der Waals surface area (Å²) in [6.45, 7) is 0.539. The van der Waals surface area contributed by atoms with Crippen molar-refractivity contribution in [2.45, 2.75) is 19.4 Å². The Morgan fingerprint density at radius 1 is 1.04 bits per heavy atom. The van der Waals surface area contributed by atoms with E-state index in [9.17, 15) is 9.18 Å². The summed E-state index contributed by atoms with van der Waals surface area (Å²) in [5, 5.41) is 7.79. The maximum Gasteiger partial charge on any atom is 0.225 e. The number of aryl methyl sites for hydroxylation is 1. The monoisotopic (exact) mass is 357 g/mol. The second kappa shape index (κ2) is 7.94. The zero-order valence-electron chi connectivity index (χ0n) is 13.5. The molecule has 0 saturated carbocycles. The van der Waals surface area contributed by atoms with Crippen molar-refractivity contribution in [3.63, 3.8) is 0 Å². The molecular formula is C19H17ClFN3O. The molecule has 0 unspecified atom stereocenters. The van der Waals surface area contributed by atoms with Gasteiger partial charge in [0.2, 0.25) is 5.91 Å². The van der Waals surface area contributed by atoms with E-state index in [0.717, 1.165) is 11.1 Å². The van der Waals surface area contributed by atoms with Crippen molar-refractivity contribution in [2.24, 2.45) is 0 Å². The number of carbonyl (C=O) groups excluding carboxylic acids is 1. The van der Waals surface area contributed by atoms with Gasteiger partial charge in [0.25, 0.3) is 0 Å². The van der Waals surface area contributed by atoms with Crippen LogP contribution in [0.5, 0.6) is 0 Å². The van der Waals surface area contributed by atoms with Crippen LogP contribution in [-0.2, 0) is 17.8 Å². The third kappa shape index (κ3) is 4.90. The van der Waals surface area contributed by atoms with Gasteiger partial charge in [-0.2, -0.15) is 5.10 Å². The number of carbonyl (C=O) groups is 1. The number of aromatic nitrogens is 2. The van der Waals surface area contributed by atoms with Gasteiger partial charge in [0, 0.05) is 17.5 Å². The predicted octanol–water partition coefficient (Wildman–Crippen LogP) is 4.30. The highest BCUT2D eigenvalue weighted by Gasteiger charge is 2.08. The van der Waals surface area contributed by atoms with Crippen LogP contribution in [-0.4, -0.2) is 15.7 Å². The number of nitrogens with zero attached hydrogens (tertiary/aromatic N) is 2. The molecule has 1 amide bonds. The first-order chi connectivity index (χ1) is 12.1. The highest BCUT2D eigenvalue weighted by atomic mass is 35.5. The Morgan fingerprint density at radius 3 is 2.44 bits per heavy atom. The van der Waals surface area contributed by atoms with Gasteiger partial charge in [-0.15, -0.1) is 0 Å². The standard InChI is InChI=1S/C19H17ClFN3O/c20-16-6-1-15(2-7-16)13-24-18(11-12-22-24)23-19(25)10-5-14-3-8-17(21)9-4-14/h1-4,6-9,11-12H,5,10,13H2,(H,23,25). The third-order valence-electron chi connectivity index (χ3n) is 3.78. The minimum absolute atomic E-state index is 0.109. The largest absolute Gasteiger partial charge is 0.311 e. The van der Waals surface area contributed by atoms with E-state index in [-0.39, 0.29) is 11.7 Å². The molecule has 1 aromatic heterocycles. The molecule has 128 valence electrons. The van der Waals surface area contributed by atoms with E-state index in [1.54, 1.807) is 29.1 Å². The average molecular weight is 358 g/mol. The zero-order chi connectivity index (χ0) is 17.6. The number of nitrogens with one attached hydrogen (secondary N) is 1. The summed E-state index contributed by atoms with van der Waals surface area (Å²) in [6, 6.07) is 15.4. The second-order valence-electron chi connectivity index (χ2n) is 5.68. The van der Waals surface area contributed by atoms with E-state index in [1.165, 1.54) is 12.1 Å². The van der Waals surface area contributed by atoms with E-state index in [1.807, 2.05) is 24.3 Å². The number of benzene rings is 2. The first kappa shape index (κ1) is 17.2. The van der Waals surface area contributed by atoms with Gasteiger partial charge in [-0.05, 0) is 41.8 Å². The Hall–Kier alpha value is -2.66. The lowest BCUT2D eigenvalue weighted by Gasteiger charge is -2.09. The summed E-state index contributed by atoms with van der Waals surface area (Å²) >= 11 is 5.89. The van der Waals surface area contributed by atoms with Gasteiger partial charge in [-0.1, -0.05) is 35.9 Å². The number of rotatable bonds is 6. The summed E-state index contributed by atoms with van der Waals surface area (Å²) in [5.41, 5.74) is 1.96. The average Bonchev–Trinajstić information content (AvgIpc) is 3.03. The molecule has 3 aromatic rings. The van der Waals surface area contributed by atoms with Gasteiger partial charge in [0.15, 0.2) is 0 Å². The summed E-state index contributed by atoms with van der Waals surface area (Å²) in [5.74, 6) is 0.250. The Bertz CT molecular complexity index is 844. The molecule has 0 spiro atoms. The van der Waals surface area contributed by atoms with Crippen LogP contribution < -0.4 is 5.32 Å². The fourth-order valence-corrected chi connectivity index (χ4v) is 2.57. The Morgan fingerprint density at radius 2 is 1.72 bits per heavy atom. The van der Waals surface area contributed by atoms with E-state index in [2.05, 4.69) is 10.4 Å². The van der Waals surface area contributed by atoms with E-state index >= 15 is 0 Å². The van der Waals surface area contributed by atoms with Crippen LogP contribution in [0, 0.1) is 5.82 Å². The smallest absolute Gasteiger partial charge is 0.225 e. The molecule has 25 heavy (non-hydrogen) atoms. The van der Waals surface area contributed by atoms with Crippen LogP contribution in [0.15, 0.2) is 60.8 Å². The molecule has 0 radical (unpaired) electrons. The van der Waals surface area contributed by atoms with Gasteiger partial charge < -0.3 is 5.32 Å².